The van der Waals surface area contributed by atoms with Crippen LogP contribution in [-0.4, -0.2) is 0 Å². The number of furan rings is 1. The number of halogens is 4. The first-order valence-corrected chi connectivity index (χ1v) is 5.87. The number of rotatable bonds is 3. The molecule has 1 heterocycles. The number of benzene rings is 1. The summed E-state index contributed by atoms with van der Waals surface area (Å²) >= 11 is 5.59. The van der Waals surface area contributed by atoms with Gasteiger partial charge in [0.2, 0.25) is 0 Å². The van der Waals surface area contributed by atoms with E-state index >= 15 is 0 Å². The summed E-state index contributed by atoms with van der Waals surface area (Å²) in [5.41, 5.74) is -1.14. The summed E-state index contributed by atoms with van der Waals surface area (Å²) in [7, 11) is 0. The van der Waals surface area contributed by atoms with E-state index in [1.54, 1.807) is 12.1 Å². The van der Waals surface area contributed by atoms with Gasteiger partial charge >= 0.3 is 6.18 Å². The minimum atomic E-state index is -4.57. The van der Waals surface area contributed by atoms with Gasteiger partial charge in [-0.15, -0.1) is 0 Å². The van der Waals surface area contributed by atoms with Crippen LogP contribution in [0.15, 0.2) is 34.7 Å². The molecule has 1 N–H and O–H groups in total. The Balaban J connectivity index is 2.19. The molecule has 0 atom stereocenters. The third-order valence-corrected chi connectivity index (χ3v) is 2.74. The topological polar surface area (TPSA) is 49.0 Å². The summed E-state index contributed by atoms with van der Waals surface area (Å²) in [4.78, 5) is 0. The molecule has 1 aromatic carbocycles. The summed E-state index contributed by atoms with van der Waals surface area (Å²) in [6.07, 6.45) is -4.57. The highest BCUT2D eigenvalue weighted by molar-refractivity contribution is 6.28. The van der Waals surface area contributed by atoms with Gasteiger partial charge in [-0.2, -0.15) is 18.4 Å². The zero-order valence-corrected chi connectivity index (χ0v) is 10.7. The molecule has 0 amide bonds. The number of alkyl halides is 3. The number of hydrogen-bond donors (Lipinski definition) is 1. The molecule has 0 aliphatic rings. The van der Waals surface area contributed by atoms with Crippen molar-refractivity contribution < 1.29 is 17.6 Å². The van der Waals surface area contributed by atoms with E-state index in [1.165, 1.54) is 12.1 Å². The fraction of sp³-hybridized carbons (Fsp3) is 0.154. The number of nitrogens with one attached hydrogen (secondary N) is 1. The SMILES string of the molecule is N#Cc1ccc(NCc2ccc(Cl)o2)cc1C(F)(F)F. The van der Waals surface area contributed by atoms with E-state index in [-0.39, 0.29) is 17.5 Å². The maximum absolute atomic E-state index is 12.8. The van der Waals surface area contributed by atoms with Crippen LogP contribution in [0, 0.1) is 11.3 Å². The molecule has 3 nitrogen and oxygen atoms in total. The van der Waals surface area contributed by atoms with Gasteiger partial charge in [-0.3, -0.25) is 0 Å². The minimum absolute atomic E-state index is 0.190. The molecule has 0 bridgehead atoms. The first-order valence-electron chi connectivity index (χ1n) is 5.49. The van der Waals surface area contributed by atoms with Crippen molar-refractivity contribution in [1.82, 2.24) is 0 Å². The molecule has 2 aromatic rings. The van der Waals surface area contributed by atoms with E-state index in [9.17, 15) is 13.2 Å². The lowest BCUT2D eigenvalue weighted by atomic mass is 10.1. The number of nitrogens with zero attached hydrogens (tertiary/aromatic N) is 1. The van der Waals surface area contributed by atoms with Gasteiger partial charge in [-0.05, 0) is 41.9 Å². The van der Waals surface area contributed by atoms with Gasteiger partial charge in [0, 0.05) is 5.69 Å². The van der Waals surface area contributed by atoms with Crippen molar-refractivity contribution >= 4 is 17.3 Å². The average molecular weight is 301 g/mol. The van der Waals surface area contributed by atoms with Crippen molar-refractivity contribution in [3.63, 3.8) is 0 Å². The Labute approximate surface area is 117 Å². The van der Waals surface area contributed by atoms with Crippen LogP contribution in [0.2, 0.25) is 5.22 Å². The Hall–Kier alpha value is -2.13. The molecule has 2 rings (SSSR count). The fourth-order valence-corrected chi connectivity index (χ4v) is 1.78. The van der Waals surface area contributed by atoms with Crippen molar-refractivity contribution in [3.05, 3.63) is 52.4 Å². The Kier molecular flexibility index (Phi) is 3.91. The van der Waals surface area contributed by atoms with Crippen LogP contribution in [0.3, 0.4) is 0 Å². The molecule has 0 spiro atoms. The highest BCUT2D eigenvalue weighted by Crippen LogP contribution is 2.33. The molecule has 0 radical (unpaired) electrons. The molecule has 1 aromatic heterocycles. The lowest BCUT2D eigenvalue weighted by molar-refractivity contribution is -0.137. The van der Waals surface area contributed by atoms with Gasteiger partial charge in [-0.25, -0.2) is 0 Å². The standard InChI is InChI=1S/C13H8ClF3N2O/c14-12-4-3-10(20-12)7-19-9-2-1-8(6-18)11(5-9)13(15,16)17/h1-5,19H,7H2. The highest BCUT2D eigenvalue weighted by Gasteiger charge is 2.33. The van der Waals surface area contributed by atoms with Gasteiger partial charge in [0.15, 0.2) is 5.22 Å². The van der Waals surface area contributed by atoms with Gasteiger partial charge in [-0.1, -0.05) is 0 Å². The molecule has 0 saturated heterocycles. The first-order chi connectivity index (χ1) is 9.40. The summed E-state index contributed by atoms with van der Waals surface area (Å²) in [5, 5.41) is 11.7. The molecule has 104 valence electrons. The molecular formula is C13H8ClF3N2O. The van der Waals surface area contributed by atoms with Gasteiger partial charge in [0.1, 0.15) is 5.76 Å². The largest absolute Gasteiger partial charge is 0.448 e. The normalized spacial score (nSPS) is 11.2. The predicted octanol–water partition coefficient (Wildman–Crippen LogP) is 4.44. The quantitative estimate of drug-likeness (QED) is 0.912. The maximum Gasteiger partial charge on any atom is 0.417 e. The van der Waals surface area contributed by atoms with Gasteiger partial charge in [0.25, 0.3) is 0 Å². The first kappa shape index (κ1) is 14.3. The van der Waals surface area contributed by atoms with Crippen LogP contribution in [0.25, 0.3) is 0 Å². The molecule has 20 heavy (non-hydrogen) atoms. The van der Waals surface area contributed by atoms with Gasteiger partial charge in [0.05, 0.1) is 23.7 Å². The fourth-order valence-electron chi connectivity index (χ4n) is 1.62. The zero-order chi connectivity index (χ0) is 14.8. The molecule has 0 fully saturated rings. The van der Waals surface area contributed by atoms with E-state index in [2.05, 4.69) is 5.32 Å². The Morgan fingerprint density at radius 3 is 2.55 bits per heavy atom. The Morgan fingerprint density at radius 1 is 1.25 bits per heavy atom. The summed E-state index contributed by atoms with van der Waals surface area (Å²) in [6, 6.07) is 8.10. The molecule has 7 heteroatoms. The smallest absolute Gasteiger partial charge is 0.417 e. The van der Waals surface area contributed by atoms with E-state index in [0.29, 0.717) is 5.76 Å². The third kappa shape index (κ3) is 3.25. The number of hydrogen-bond acceptors (Lipinski definition) is 3. The molecule has 0 aliphatic heterocycles. The van der Waals surface area contributed by atoms with Crippen molar-refractivity contribution in [2.45, 2.75) is 12.7 Å². The van der Waals surface area contributed by atoms with Crippen molar-refractivity contribution in [1.29, 1.82) is 5.26 Å². The second-order valence-electron chi connectivity index (χ2n) is 3.93. The minimum Gasteiger partial charge on any atom is -0.448 e. The molecule has 0 saturated carbocycles. The molecule has 0 aliphatic carbocycles. The average Bonchev–Trinajstić information content (AvgIpc) is 2.81. The van der Waals surface area contributed by atoms with Crippen LogP contribution in [0.1, 0.15) is 16.9 Å². The summed E-state index contributed by atoms with van der Waals surface area (Å²) in [5.74, 6) is 0.493. The second kappa shape index (κ2) is 5.47. The van der Waals surface area contributed by atoms with Crippen LogP contribution < -0.4 is 5.32 Å². The van der Waals surface area contributed by atoms with Crippen LogP contribution in [-0.2, 0) is 12.7 Å². The second-order valence-corrected chi connectivity index (χ2v) is 4.30. The zero-order valence-electron chi connectivity index (χ0n) is 9.96. The molecule has 0 unspecified atom stereocenters. The summed E-state index contributed by atoms with van der Waals surface area (Å²) < 4.78 is 43.4. The van der Waals surface area contributed by atoms with Crippen molar-refractivity contribution in [3.8, 4) is 6.07 Å². The van der Waals surface area contributed by atoms with E-state index < -0.39 is 17.3 Å². The van der Waals surface area contributed by atoms with Gasteiger partial charge < -0.3 is 9.73 Å². The molecular weight excluding hydrogens is 293 g/mol. The summed E-state index contributed by atoms with van der Waals surface area (Å²) in [6.45, 7) is 0.190. The predicted molar refractivity (Wildman–Crippen MR) is 67.2 cm³/mol. The van der Waals surface area contributed by atoms with Crippen LogP contribution in [0.5, 0.6) is 0 Å². The monoisotopic (exact) mass is 300 g/mol. The van der Waals surface area contributed by atoms with E-state index in [0.717, 1.165) is 12.1 Å². The lowest BCUT2D eigenvalue weighted by Gasteiger charge is -2.11. The Bertz CT molecular complexity index is 658. The van der Waals surface area contributed by atoms with E-state index in [4.69, 9.17) is 21.3 Å². The third-order valence-electron chi connectivity index (χ3n) is 2.54. The van der Waals surface area contributed by atoms with Crippen LogP contribution >= 0.6 is 11.6 Å². The maximum atomic E-state index is 12.8. The van der Waals surface area contributed by atoms with Crippen molar-refractivity contribution in [2.24, 2.45) is 0 Å². The Morgan fingerprint density at radius 2 is 2.00 bits per heavy atom. The van der Waals surface area contributed by atoms with Crippen LogP contribution in [0.4, 0.5) is 18.9 Å². The highest BCUT2D eigenvalue weighted by atomic mass is 35.5. The van der Waals surface area contributed by atoms with Crippen molar-refractivity contribution in [2.75, 3.05) is 5.32 Å². The number of nitriles is 1. The van der Waals surface area contributed by atoms with E-state index in [1.807, 2.05) is 0 Å². The number of anilines is 1. The lowest BCUT2D eigenvalue weighted by Crippen LogP contribution is -2.09.